The average Bonchev–Trinajstić information content (AvgIpc) is 3.11. The predicted molar refractivity (Wildman–Crippen MR) is 100 cm³/mol. The molecule has 7 nitrogen and oxygen atoms in total. The maximum Gasteiger partial charge on any atom is 0.244 e. The molecule has 0 fully saturated rings. The second kappa shape index (κ2) is 7.91. The minimum Gasteiger partial charge on any atom is -0.299 e. The van der Waals surface area contributed by atoms with Crippen LogP contribution in [0.5, 0.6) is 0 Å². The van der Waals surface area contributed by atoms with Crippen LogP contribution in [0.2, 0.25) is 0 Å². The van der Waals surface area contributed by atoms with Gasteiger partial charge in [-0.05, 0) is 43.3 Å². The molecule has 2 N–H and O–H groups in total. The van der Waals surface area contributed by atoms with Crippen molar-refractivity contribution in [1.82, 2.24) is 14.9 Å². The van der Waals surface area contributed by atoms with Crippen LogP contribution in [0.4, 0.5) is 9.52 Å². The van der Waals surface area contributed by atoms with Gasteiger partial charge in [-0.1, -0.05) is 29.5 Å². The summed E-state index contributed by atoms with van der Waals surface area (Å²) in [5.74, 6) is -0.937. The zero-order chi connectivity index (χ0) is 19.4. The molecule has 1 aromatic heterocycles. The number of carbonyl (C=O) groups is 1. The van der Waals surface area contributed by atoms with E-state index in [-0.39, 0.29) is 15.8 Å². The van der Waals surface area contributed by atoms with E-state index in [2.05, 4.69) is 20.2 Å². The monoisotopic (exact) mass is 406 g/mol. The van der Waals surface area contributed by atoms with Crippen molar-refractivity contribution < 1.29 is 17.6 Å². The van der Waals surface area contributed by atoms with Gasteiger partial charge in [0.15, 0.2) is 0 Å². The number of hydrogen-bond acceptors (Lipinski definition) is 6. The molecule has 0 aliphatic heterocycles. The summed E-state index contributed by atoms with van der Waals surface area (Å²) in [5.41, 5.74) is 0.659. The summed E-state index contributed by atoms with van der Waals surface area (Å²) in [5, 5.41) is 11.0. The molecule has 3 rings (SSSR count). The van der Waals surface area contributed by atoms with Crippen molar-refractivity contribution in [3.8, 4) is 10.6 Å². The Morgan fingerprint density at radius 3 is 2.41 bits per heavy atom. The molecule has 2 aromatic carbocycles. The van der Waals surface area contributed by atoms with Crippen LogP contribution in [-0.2, 0) is 14.8 Å². The number of nitrogens with zero attached hydrogens (tertiary/aromatic N) is 2. The van der Waals surface area contributed by atoms with E-state index in [1.807, 2.05) is 0 Å². The van der Waals surface area contributed by atoms with Crippen molar-refractivity contribution in [2.45, 2.75) is 17.9 Å². The first-order valence-corrected chi connectivity index (χ1v) is 10.1. The Bertz CT molecular complexity index is 1040. The first-order valence-electron chi connectivity index (χ1n) is 7.83. The lowest BCUT2D eigenvalue weighted by Crippen LogP contribution is -2.41. The van der Waals surface area contributed by atoms with Crippen LogP contribution in [0.25, 0.3) is 10.6 Å². The maximum absolute atomic E-state index is 13.0. The second-order valence-corrected chi connectivity index (χ2v) is 8.26. The molecule has 0 radical (unpaired) electrons. The number of rotatable bonds is 6. The number of anilines is 1. The van der Waals surface area contributed by atoms with Crippen LogP contribution in [0, 0.1) is 5.82 Å². The van der Waals surface area contributed by atoms with Gasteiger partial charge in [0.1, 0.15) is 10.8 Å². The Morgan fingerprint density at radius 2 is 1.74 bits per heavy atom. The number of hydrogen-bond donors (Lipinski definition) is 2. The van der Waals surface area contributed by atoms with E-state index in [4.69, 9.17) is 0 Å². The number of sulfonamides is 1. The SMILES string of the molecule is C[C@@H](NS(=O)(=O)c1ccccc1)C(=O)Nc1nnc(-c2ccc(F)cc2)s1. The van der Waals surface area contributed by atoms with E-state index >= 15 is 0 Å². The lowest BCUT2D eigenvalue weighted by atomic mass is 10.2. The molecule has 0 aliphatic rings. The number of aromatic nitrogens is 2. The van der Waals surface area contributed by atoms with Gasteiger partial charge < -0.3 is 0 Å². The first-order chi connectivity index (χ1) is 12.8. The lowest BCUT2D eigenvalue weighted by molar-refractivity contribution is -0.117. The van der Waals surface area contributed by atoms with Crippen molar-refractivity contribution in [3.05, 3.63) is 60.4 Å². The third kappa shape index (κ3) is 4.73. The molecule has 10 heteroatoms. The third-order valence-electron chi connectivity index (χ3n) is 3.53. The molecule has 0 aliphatic carbocycles. The fourth-order valence-corrected chi connectivity index (χ4v) is 4.13. The van der Waals surface area contributed by atoms with E-state index in [0.717, 1.165) is 11.3 Å². The molecule has 1 atom stereocenters. The molecule has 0 saturated carbocycles. The van der Waals surface area contributed by atoms with Crippen LogP contribution in [0.15, 0.2) is 59.5 Å². The minimum absolute atomic E-state index is 0.0687. The summed E-state index contributed by atoms with van der Waals surface area (Å²) in [7, 11) is -3.82. The highest BCUT2D eigenvalue weighted by Gasteiger charge is 2.22. The van der Waals surface area contributed by atoms with Gasteiger partial charge in [0.25, 0.3) is 0 Å². The summed E-state index contributed by atoms with van der Waals surface area (Å²) in [4.78, 5) is 12.3. The van der Waals surface area contributed by atoms with Gasteiger partial charge in [0.05, 0.1) is 10.9 Å². The highest BCUT2D eigenvalue weighted by atomic mass is 32.2. The Hall–Kier alpha value is -2.69. The fraction of sp³-hybridized carbons (Fsp3) is 0.118. The van der Waals surface area contributed by atoms with E-state index in [0.29, 0.717) is 10.6 Å². The molecule has 3 aromatic rings. The second-order valence-electron chi connectivity index (χ2n) is 5.56. The van der Waals surface area contributed by atoms with Gasteiger partial charge in [-0.25, -0.2) is 12.8 Å². The number of benzene rings is 2. The average molecular weight is 406 g/mol. The van der Waals surface area contributed by atoms with Gasteiger partial charge in [0.2, 0.25) is 21.1 Å². The zero-order valence-corrected chi connectivity index (χ0v) is 15.7. The largest absolute Gasteiger partial charge is 0.299 e. The molecule has 27 heavy (non-hydrogen) atoms. The Labute approximate surface area is 159 Å². The minimum atomic E-state index is -3.82. The van der Waals surface area contributed by atoms with Crippen molar-refractivity contribution in [2.24, 2.45) is 0 Å². The summed E-state index contributed by atoms with van der Waals surface area (Å²) in [6.45, 7) is 1.43. The van der Waals surface area contributed by atoms with Crippen LogP contribution >= 0.6 is 11.3 Å². The summed E-state index contributed by atoms with van der Waals surface area (Å²) in [6, 6.07) is 12.5. The normalized spacial score (nSPS) is 12.5. The molecular formula is C17H15FN4O3S2. The van der Waals surface area contributed by atoms with Crippen molar-refractivity contribution >= 4 is 32.4 Å². The van der Waals surface area contributed by atoms with E-state index in [9.17, 15) is 17.6 Å². The molecule has 140 valence electrons. The lowest BCUT2D eigenvalue weighted by Gasteiger charge is -2.13. The highest BCUT2D eigenvalue weighted by molar-refractivity contribution is 7.89. The molecule has 0 saturated heterocycles. The van der Waals surface area contributed by atoms with Crippen LogP contribution in [-0.4, -0.2) is 30.6 Å². The predicted octanol–water partition coefficient (Wildman–Crippen LogP) is 2.65. The first kappa shape index (κ1) is 19.1. The fourth-order valence-electron chi connectivity index (χ4n) is 2.15. The molecule has 1 heterocycles. The number of nitrogens with one attached hydrogen (secondary N) is 2. The topological polar surface area (TPSA) is 101 Å². The molecule has 0 unspecified atom stereocenters. The van der Waals surface area contributed by atoms with Crippen LogP contribution < -0.4 is 10.0 Å². The smallest absolute Gasteiger partial charge is 0.244 e. The van der Waals surface area contributed by atoms with Gasteiger partial charge in [0, 0.05) is 5.56 Å². The van der Waals surface area contributed by atoms with Crippen LogP contribution in [0.1, 0.15) is 6.92 Å². The summed E-state index contributed by atoms with van der Waals surface area (Å²) >= 11 is 1.10. The third-order valence-corrected chi connectivity index (χ3v) is 5.97. The molecule has 1 amide bonds. The number of carbonyl (C=O) groups excluding carboxylic acids is 1. The standard InChI is InChI=1S/C17H15FN4O3S2/c1-11(22-27(24,25)14-5-3-2-4-6-14)15(23)19-17-21-20-16(26-17)12-7-9-13(18)10-8-12/h2-11,22H,1H3,(H,19,21,23)/t11-/m1/s1. The van der Waals surface area contributed by atoms with Gasteiger partial charge in [-0.2, -0.15) is 4.72 Å². The van der Waals surface area contributed by atoms with E-state index < -0.39 is 22.0 Å². The Balaban J connectivity index is 1.66. The van der Waals surface area contributed by atoms with E-state index in [1.165, 1.54) is 31.2 Å². The number of amides is 1. The Kier molecular flexibility index (Phi) is 5.59. The Morgan fingerprint density at radius 1 is 1.07 bits per heavy atom. The van der Waals surface area contributed by atoms with Gasteiger partial charge in [-0.3, -0.25) is 10.1 Å². The summed E-state index contributed by atoms with van der Waals surface area (Å²) < 4.78 is 39.8. The molecular weight excluding hydrogens is 391 g/mol. The molecule has 0 spiro atoms. The van der Waals surface area contributed by atoms with Crippen LogP contribution in [0.3, 0.4) is 0 Å². The molecule has 0 bridgehead atoms. The zero-order valence-electron chi connectivity index (χ0n) is 14.1. The quantitative estimate of drug-likeness (QED) is 0.655. The highest BCUT2D eigenvalue weighted by Crippen LogP contribution is 2.26. The van der Waals surface area contributed by atoms with Gasteiger partial charge in [-0.15, -0.1) is 10.2 Å². The number of halogens is 1. The van der Waals surface area contributed by atoms with Crippen molar-refractivity contribution in [1.29, 1.82) is 0 Å². The van der Waals surface area contributed by atoms with Gasteiger partial charge >= 0.3 is 0 Å². The van der Waals surface area contributed by atoms with E-state index in [1.54, 1.807) is 30.3 Å². The van der Waals surface area contributed by atoms with Crippen molar-refractivity contribution in [2.75, 3.05) is 5.32 Å². The van der Waals surface area contributed by atoms with Crippen molar-refractivity contribution in [3.63, 3.8) is 0 Å². The summed E-state index contributed by atoms with van der Waals surface area (Å²) in [6.07, 6.45) is 0. The maximum atomic E-state index is 13.0.